The molecule has 0 bridgehead atoms. The van der Waals surface area contributed by atoms with Gasteiger partial charge in [0.1, 0.15) is 5.52 Å². The maximum atomic E-state index is 11.7. The lowest BCUT2D eigenvalue weighted by Crippen LogP contribution is -2.27. The molecule has 5 nitrogen and oxygen atoms in total. The molecule has 0 N–H and O–H groups in total. The van der Waals surface area contributed by atoms with Gasteiger partial charge in [-0.15, -0.1) is 0 Å². The van der Waals surface area contributed by atoms with Crippen LogP contribution in [-0.4, -0.2) is 31.8 Å². The molecule has 0 aliphatic heterocycles. The Hall–Kier alpha value is -1.37. The molecular weight excluding hydrogens is 276 g/mol. The summed E-state index contributed by atoms with van der Waals surface area (Å²) in [5.41, 5.74) is 0.412. The molecule has 0 unspecified atom stereocenters. The molecule has 0 radical (unpaired) electrons. The minimum atomic E-state index is -3.81. The zero-order valence-corrected chi connectivity index (χ0v) is 11.4. The van der Waals surface area contributed by atoms with Crippen LogP contribution >= 0.6 is 11.6 Å². The SMILES string of the molecule is CN(C)S(=O)(=O)Oc1ccc(Cl)c2cccnc12. The fourth-order valence-electron chi connectivity index (χ4n) is 1.37. The van der Waals surface area contributed by atoms with E-state index in [1.807, 2.05) is 0 Å². The van der Waals surface area contributed by atoms with Gasteiger partial charge in [0.2, 0.25) is 0 Å². The first-order chi connectivity index (χ1) is 8.42. The molecule has 1 aromatic carbocycles. The van der Waals surface area contributed by atoms with Gasteiger partial charge in [0.05, 0.1) is 5.02 Å². The first-order valence-corrected chi connectivity index (χ1v) is 6.81. The van der Waals surface area contributed by atoms with E-state index in [1.165, 1.54) is 20.2 Å². The molecule has 0 aliphatic carbocycles. The number of benzene rings is 1. The van der Waals surface area contributed by atoms with Crippen molar-refractivity contribution in [3.8, 4) is 5.75 Å². The van der Waals surface area contributed by atoms with Gasteiger partial charge in [0.25, 0.3) is 0 Å². The molecule has 2 aromatic rings. The predicted molar refractivity (Wildman–Crippen MR) is 70.0 cm³/mol. The van der Waals surface area contributed by atoms with E-state index in [2.05, 4.69) is 4.98 Å². The molecule has 7 heteroatoms. The van der Waals surface area contributed by atoms with Gasteiger partial charge in [-0.25, -0.2) is 0 Å². The summed E-state index contributed by atoms with van der Waals surface area (Å²) < 4.78 is 29.3. The molecule has 0 fully saturated rings. The standard InChI is InChI=1S/C11H11ClN2O3S/c1-14(2)18(15,16)17-10-6-5-9(12)8-4-3-7-13-11(8)10/h3-7H,1-2H3. The molecule has 0 aliphatic rings. The summed E-state index contributed by atoms with van der Waals surface area (Å²) >= 11 is 6.01. The van der Waals surface area contributed by atoms with Crippen molar-refractivity contribution in [2.75, 3.05) is 14.1 Å². The van der Waals surface area contributed by atoms with E-state index in [4.69, 9.17) is 15.8 Å². The Bertz CT molecular complexity index is 686. The average Bonchev–Trinajstić information content (AvgIpc) is 2.33. The number of nitrogens with zero attached hydrogens (tertiary/aromatic N) is 2. The second kappa shape index (κ2) is 4.72. The fourth-order valence-corrected chi connectivity index (χ4v) is 2.09. The second-order valence-corrected chi connectivity index (χ2v) is 5.93. The maximum absolute atomic E-state index is 11.7. The number of hydrogen-bond acceptors (Lipinski definition) is 4. The first-order valence-electron chi connectivity index (χ1n) is 5.07. The molecular formula is C11H11ClN2O3S. The van der Waals surface area contributed by atoms with Crippen LogP contribution in [0.2, 0.25) is 5.02 Å². The van der Waals surface area contributed by atoms with Gasteiger partial charge < -0.3 is 4.18 Å². The first kappa shape index (κ1) is 13.1. The number of fused-ring (bicyclic) bond motifs is 1. The number of aromatic nitrogens is 1. The maximum Gasteiger partial charge on any atom is 0.384 e. The largest absolute Gasteiger partial charge is 0.384 e. The number of rotatable bonds is 3. The summed E-state index contributed by atoms with van der Waals surface area (Å²) in [5.74, 6) is 0.156. The van der Waals surface area contributed by atoms with Crippen molar-refractivity contribution in [3.63, 3.8) is 0 Å². The Kier molecular flexibility index (Phi) is 3.43. The van der Waals surface area contributed by atoms with Crippen LogP contribution in [0, 0.1) is 0 Å². The minimum absolute atomic E-state index is 0.156. The highest BCUT2D eigenvalue weighted by atomic mass is 35.5. The fraction of sp³-hybridized carbons (Fsp3) is 0.182. The molecule has 0 saturated heterocycles. The summed E-state index contributed by atoms with van der Waals surface area (Å²) in [6.45, 7) is 0. The highest BCUT2D eigenvalue weighted by Crippen LogP contribution is 2.30. The van der Waals surface area contributed by atoms with Crippen LogP contribution in [0.15, 0.2) is 30.5 Å². The zero-order chi connectivity index (χ0) is 13.3. The van der Waals surface area contributed by atoms with Crippen LogP contribution in [0.25, 0.3) is 10.9 Å². The summed E-state index contributed by atoms with van der Waals surface area (Å²) in [7, 11) is -1.03. The quantitative estimate of drug-likeness (QED) is 0.867. The van der Waals surface area contributed by atoms with E-state index in [0.29, 0.717) is 15.9 Å². The van der Waals surface area contributed by atoms with Crippen molar-refractivity contribution in [1.82, 2.24) is 9.29 Å². The van der Waals surface area contributed by atoms with Crippen molar-refractivity contribution >= 4 is 32.8 Å². The third-order valence-electron chi connectivity index (χ3n) is 2.32. The zero-order valence-electron chi connectivity index (χ0n) is 9.79. The average molecular weight is 287 g/mol. The Balaban J connectivity index is 2.57. The van der Waals surface area contributed by atoms with Gasteiger partial charge in [-0.3, -0.25) is 4.98 Å². The van der Waals surface area contributed by atoms with Crippen LogP contribution in [0.5, 0.6) is 5.75 Å². The topological polar surface area (TPSA) is 59.5 Å². The van der Waals surface area contributed by atoms with Crippen LogP contribution in [0.4, 0.5) is 0 Å². The summed E-state index contributed by atoms with van der Waals surface area (Å²) in [6, 6.07) is 6.53. The van der Waals surface area contributed by atoms with Gasteiger partial charge >= 0.3 is 10.3 Å². The lowest BCUT2D eigenvalue weighted by molar-refractivity contribution is 0.423. The van der Waals surface area contributed by atoms with Crippen LogP contribution in [0.3, 0.4) is 0 Å². The van der Waals surface area contributed by atoms with E-state index in [1.54, 1.807) is 24.4 Å². The molecule has 1 aromatic heterocycles. The molecule has 0 spiro atoms. The van der Waals surface area contributed by atoms with E-state index < -0.39 is 10.3 Å². The van der Waals surface area contributed by atoms with Crippen molar-refractivity contribution in [2.24, 2.45) is 0 Å². The monoisotopic (exact) mass is 286 g/mol. The highest BCUT2D eigenvalue weighted by Gasteiger charge is 2.18. The Morgan fingerprint density at radius 1 is 1.28 bits per heavy atom. The molecule has 0 amide bonds. The van der Waals surface area contributed by atoms with Crippen LogP contribution in [0.1, 0.15) is 0 Å². The lowest BCUT2D eigenvalue weighted by atomic mass is 10.2. The van der Waals surface area contributed by atoms with Crippen LogP contribution in [-0.2, 0) is 10.3 Å². The van der Waals surface area contributed by atoms with Gasteiger partial charge in [0, 0.05) is 25.7 Å². The van der Waals surface area contributed by atoms with E-state index in [-0.39, 0.29) is 5.75 Å². The molecule has 0 saturated carbocycles. The van der Waals surface area contributed by atoms with Gasteiger partial charge in [-0.1, -0.05) is 11.6 Å². The molecule has 0 atom stereocenters. The molecule has 96 valence electrons. The predicted octanol–water partition coefficient (Wildman–Crippen LogP) is 2.07. The van der Waals surface area contributed by atoms with E-state index in [0.717, 1.165) is 4.31 Å². The Morgan fingerprint density at radius 3 is 2.67 bits per heavy atom. The lowest BCUT2D eigenvalue weighted by Gasteiger charge is -2.13. The van der Waals surface area contributed by atoms with Gasteiger partial charge in [0.15, 0.2) is 5.75 Å². The van der Waals surface area contributed by atoms with E-state index >= 15 is 0 Å². The Morgan fingerprint density at radius 2 is 2.00 bits per heavy atom. The van der Waals surface area contributed by atoms with Crippen molar-refractivity contribution in [1.29, 1.82) is 0 Å². The highest BCUT2D eigenvalue weighted by molar-refractivity contribution is 7.84. The van der Waals surface area contributed by atoms with Crippen molar-refractivity contribution in [3.05, 3.63) is 35.5 Å². The molecule has 1 heterocycles. The normalized spacial score (nSPS) is 12.0. The smallest absolute Gasteiger partial charge is 0.368 e. The van der Waals surface area contributed by atoms with Crippen molar-refractivity contribution in [2.45, 2.75) is 0 Å². The molecule has 18 heavy (non-hydrogen) atoms. The number of pyridine rings is 1. The van der Waals surface area contributed by atoms with E-state index in [9.17, 15) is 8.42 Å². The second-order valence-electron chi connectivity index (χ2n) is 3.77. The van der Waals surface area contributed by atoms with Crippen molar-refractivity contribution < 1.29 is 12.6 Å². The van der Waals surface area contributed by atoms with Gasteiger partial charge in [-0.05, 0) is 24.3 Å². The van der Waals surface area contributed by atoms with Crippen LogP contribution < -0.4 is 4.18 Å². The number of halogens is 1. The third kappa shape index (κ3) is 2.40. The third-order valence-corrected chi connectivity index (χ3v) is 3.94. The molecule has 2 rings (SSSR count). The minimum Gasteiger partial charge on any atom is -0.368 e. The number of hydrogen-bond donors (Lipinski definition) is 0. The summed E-state index contributed by atoms with van der Waals surface area (Å²) in [4.78, 5) is 4.09. The summed E-state index contributed by atoms with van der Waals surface area (Å²) in [6.07, 6.45) is 1.55. The Labute approximate surface area is 110 Å². The summed E-state index contributed by atoms with van der Waals surface area (Å²) in [5, 5.41) is 1.14. The van der Waals surface area contributed by atoms with Gasteiger partial charge in [-0.2, -0.15) is 12.7 Å².